The van der Waals surface area contributed by atoms with Crippen LogP contribution in [0.15, 0.2) is 29.5 Å². The minimum absolute atomic E-state index is 0.0506. The molecule has 0 saturated carbocycles. The molecular weight excluding hydrogens is 394 g/mol. The fraction of sp³-hybridized carbons (Fsp3) is 0.250. The molecule has 2 aliphatic heterocycles. The van der Waals surface area contributed by atoms with Crippen LogP contribution in [-0.4, -0.2) is 67.9 Å². The number of β-lactam (4-membered cyclic amide) rings is 1. The van der Waals surface area contributed by atoms with Gasteiger partial charge in [-0.2, -0.15) is 0 Å². The van der Waals surface area contributed by atoms with E-state index in [4.69, 9.17) is 10.5 Å². The van der Waals surface area contributed by atoms with Gasteiger partial charge in [-0.3, -0.25) is 20.2 Å². The van der Waals surface area contributed by atoms with Gasteiger partial charge in [-0.15, -0.1) is 11.8 Å². The Morgan fingerprint density at radius 3 is 2.71 bits per heavy atom. The molecule has 1 aromatic carbocycles. The molecule has 148 valence electrons. The number of carboxylic acids is 1. The normalized spacial score (nSPS) is 23.5. The van der Waals surface area contributed by atoms with Gasteiger partial charge in [0.15, 0.2) is 11.5 Å². The number of esters is 1. The second-order valence-corrected chi connectivity index (χ2v) is 7.08. The molecule has 1 aromatic rings. The van der Waals surface area contributed by atoms with Gasteiger partial charge in [-0.25, -0.2) is 9.59 Å². The lowest BCUT2D eigenvalue weighted by molar-refractivity contribution is -0.157. The maximum Gasteiger partial charge on any atom is 0.352 e. The Kier molecular flexibility index (Phi) is 4.91. The predicted molar refractivity (Wildman–Crippen MR) is 93.9 cm³/mol. The lowest BCUT2D eigenvalue weighted by Crippen LogP contribution is -2.83. The van der Waals surface area contributed by atoms with E-state index in [0.29, 0.717) is 0 Å². The van der Waals surface area contributed by atoms with Gasteiger partial charge in [-0.05, 0) is 18.2 Å². The highest BCUT2D eigenvalue weighted by Gasteiger charge is 2.63. The smallest absolute Gasteiger partial charge is 0.352 e. The van der Waals surface area contributed by atoms with Crippen LogP contribution in [0.5, 0.6) is 11.5 Å². The Morgan fingerprint density at radius 2 is 2.11 bits per heavy atom. The molecule has 0 spiro atoms. The van der Waals surface area contributed by atoms with Gasteiger partial charge < -0.3 is 25.4 Å². The van der Waals surface area contributed by atoms with Crippen molar-refractivity contribution in [2.24, 2.45) is 5.73 Å². The molecule has 11 nitrogen and oxygen atoms in total. The van der Waals surface area contributed by atoms with Crippen LogP contribution < -0.4 is 11.1 Å². The number of carbonyl (C=O) groups is 4. The fourth-order valence-corrected chi connectivity index (χ4v) is 4.23. The van der Waals surface area contributed by atoms with Gasteiger partial charge >= 0.3 is 11.9 Å². The van der Waals surface area contributed by atoms with Crippen molar-refractivity contribution in [1.82, 2.24) is 10.2 Å². The van der Waals surface area contributed by atoms with Crippen molar-refractivity contribution in [3.05, 3.63) is 35.0 Å². The van der Waals surface area contributed by atoms with Gasteiger partial charge in [0.25, 0.3) is 5.91 Å². The summed E-state index contributed by atoms with van der Waals surface area (Å²) in [6, 6.07) is 3.33. The molecule has 1 saturated heterocycles. The first-order chi connectivity index (χ1) is 13.2. The Morgan fingerprint density at radius 1 is 1.39 bits per heavy atom. The number of fused-ring (bicyclic) bond motifs is 1. The number of carbonyl (C=O) groups excluding carboxylic acids is 3. The molecule has 2 heterocycles. The van der Waals surface area contributed by atoms with Crippen molar-refractivity contribution < 1.29 is 39.2 Å². The van der Waals surface area contributed by atoms with Crippen molar-refractivity contribution in [2.75, 3.05) is 12.4 Å². The number of nitrogens with one attached hydrogen (secondary N) is 1. The van der Waals surface area contributed by atoms with E-state index < -0.39 is 47.0 Å². The molecule has 1 fully saturated rings. The van der Waals surface area contributed by atoms with E-state index >= 15 is 0 Å². The average molecular weight is 409 g/mol. The van der Waals surface area contributed by atoms with Crippen LogP contribution in [0.4, 0.5) is 0 Å². The molecule has 0 radical (unpaired) electrons. The van der Waals surface area contributed by atoms with Crippen LogP contribution in [0.25, 0.3) is 0 Å². The van der Waals surface area contributed by atoms with Gasteiger partial charge in [0, 0.05) is 11.3 Å². The van der Waals surface area contributed by atoms with E-state index in [1.165, 1.54) is 6.07 Å². The third-order valence-corrected chi connectivity index (χ3v) is 5.69. The first-order valence-corrected chi connectivity index (χ1v) is 8.85. The summed E-state index contributed by atoms with van der Waals surface area (Å²) in [7, 11) is 0. The number of phenolic OH excluding ortho intramolecular Hbond substituents is 2. The third-order valence-electron chi connectivity index (χ3n) is 4.28. The van der Waals surface area contributed by atoms with Crippen LogP contribution in [0, 0.1) is 0 Å². The number of aliphatic carboxylic acids is 1. The molecule has 6 N–H and O–H groups in total. The number of thioether (sulfide) groups is 1. The van der Waals surface area contributed by atoms with Gasteiger partial charge in [0.05, 0.1) is 5.56 Å². The van der Waals surface area contributed by atoms with Crippen molar-refractivity contribution in [3.63, 3.8) is 0 Å². The maximum absolute atomic E-state index is 12.3. The molecule has 2 atom stereocenters. The third kappa shape index (κ3) is 3.01. The Balaban J connectivity index is 1.79. The summed E-state index contributed by atoms with van der Waals surface area (Å²) in [5.41, 5.74) is 3.91. The summed E-state index contributed by atoms with van der Waals surface area (Å²) in [5.74, 6) is -3.87. The fourth-order valence-electron chi connectivity index (χ4n) is 2.87. The Labute approximate surface area is 161 Å². The molecule has 0 aromatic heterocycles. The molecule has 0 unspecified atom stereocenters. The number of hydrogen-bond acceptors (Lipinski definition) is 9. The van der Waals surface area contributed by atoms with E-state index in [0.717, 1.165) is 28.8 Å². The zero-order valence-electron chi connectivity index (χ0n) is 14.1. The number of amides is 2. The number of ether oxygens (including phenoxy) is 1. The highest BCUT2D eigenvalue weighted by Crippen LogP contribution is 2.43. The summed E-state index contributed by atoms with van der Waals surface area (Å²) in [4.78, 5) is 47.7. The number of rotatable bonds is 6. The quantitative estimate of drug-likeness (QED) is 0.127. The zero-order chi connectivity index (χ0) is 20.6. The first kappa shape index (κ1) is 19.5. The lowest BCUT2D eigenvalue weighted by atomic mass is 9.96. The maximum atomic E-state index is 12.3. The molecule has 0 aliphatic carbocycles. The van der Waals surface area contributed by atoms with Gasteiger partial charge in [-0.1, -0.05) is 0 Å². The van der Waals surface area contributed by atoms with Crippen LogP contribution in [0.2, 0.25) is 0 Å². The largest absolute Gasteiger partial charge is 0.504 e. The zero-order valence-corrected chi connectivity index (χ0v) is 14.9. The number of aromatic hydroxyl groups is 2. The second-order valence-electron chi connectivity index (χ2n) is 6.01. The summed E-state index contributed by atoms with van der Waals surface area (Å²) in [6.07, 6.45) is 0.268. The number of hydrogen-bond donors (Lipinski definition) is 5. The molecular formula is C16H15N3O8S. The predicted octanol–water partition coefficient (Wildman–Crippen LogP) is -1.09. The van der Waals surface area contributed by atoms with Crippen LogP contribution in [0.1, 0.15) is 10.4 Å². The summed E-state index contributed by atoms with van der Waals surface area (Å²) < 4.78 is 5.08. The van der Waals surface area contributed by atoms with Crippen molar-refractivity contribution in [2.45, 2.75) is 11.0 Å². The molecule has 3 rings (SSSR count). The lowest BCUT2D eigenvalue weighted by Gasteiger charge is -2.54. The van der Waals surface area contributed by atoms with E-state index in [9.17, 15) is 34.5 Å². The topological polar surface area (TPSA) is 179 Å². The number of carboxylic acid groups (broad SMARTS) is 1. The summed E-state index contributed by atoms with van der Waals surface area (Å²) in [6.45, 7) is -0.412. The minimum atomic E-state index is -1.70. The monoisotopic (exact) mass is 409 g/mol. The Bertz CT molecular complexity index is 917. The van der Waals surface area contributed by atoms with Crippen LogP contribution in [0.3, 0.4) is 0 Å². The SMILES string of the molecule is N[C@]1(NC=O)C(=O)N2C(C(=O)O)=C(COC(=O)c3ccc(O)c(O)c3)CS[C@@H]21. The number of phenols is 2. The van der Waals surface area contributed by atoms with Crippen LogP contribution >= 0.6 is 11.8 Å². The van der Waals surface area contributed by atoms with E-state index in [1.54, 1.807) is 0 Å². The number of benzene rings is 1. The number of nitrogens with two attached hydrogens (primary N) is 1. The molecule has 2 aliphatic rings. The average Bonchev–Trinajstić information content (AvgIpc) is 2.67. The number of nitrogens with zero attached hydrogens (tertiary/aromatic N) is 1. The van der Waals surface area contributed by atoms with Crippen LogP contribution in [-0.2, 0) is 19.1 Å². The standard InChI is InChI=1S/C16H15N3O8S/c17-16(18-6-20)14(26)19-11(12(23)24)8(5-28-15(16)19)4-27-13(25)7-1-2-9(21)10(22)3-7/h1-3,6,15,21-22H,4-5,17H2,(H,18,20)(H,23,24)/t15-,16+/m1/s1. The van der Waals surface area contributed by atoms with E-state index in [2.05, 4.69) is 5.32 Å². The second kappa shape index (κ2) is 7.05. The summed E-state index contributed by atoms with van der Waals surface area (Å²) >= 11 is 1.12. The van der Waals surface area contributed by atoms with E-state index in [-0.39, 0.29) is 29.0 Å². The Hall–Kier alpha value is -3.25. The van der Waals surface area contributed by atoms with Crippen molar-refractivity contribution in [1.29, 1.82) is 0 Å². The van der Waals surface area contributed by atoms with Gasteiger partial charge in [0.1, 0.15) is 17.7 Å². The molecule has 12 heteroatoms. The molecule has 28 heavy (non-hydrogen) atoms. The first-order valence-electron chi connectivity index (χ1n) is 7.80. The molecule has 0 bridgehead atoms. The highest BCUT2D eigenvalue weighted by atomic mass is 32.2. The van der Waals surface area contributed by atoms with Crippen molar-refractivity contribution in [3.8, 4) is 11.5 Å². The summed E-state index contributed by atoms with van der Waals surface area (Å²) in [5, 5.41) is 29.6. The van der Waals surface area contributed by atoms with Crippen molar-refractivity contribution >= 4 is 36.0 Å². The minimum Gasteiger partial charge on any atom is -0.504 e. The van der Waals surface area contributed by atoms with Gasteiger partial charge in [0.2, 0.25) is 12.1 Å². The molecule has 2 amide bonds. The van der Waals surface area contributed by atoms with E-state index in [1.807, 2.05) is 0 Å². The highest BCUT2D eigenvalue weighted by molar-refractivity contribution is 8.00.